The van der Waals surface area contributed by atoms with E-state index in [1.807, 2.05) is 19.1 Å². The Morgan fingerprint density at radius 1 is 1.17 bits per heavy atom. The molecule has 0 fully saturated rings. The number of methoxy groups -OCH3 is 1. The van der Waals surface area contributed by atoms with Crippen molar-refractivity contribution in [2.24, 2.45) is 0 Å². The van der Waals surface area contributed by atoms with E-state index in [0.717, 1.165) is 4.70 Å². The minimum absolute atomic E-state index is 0.150. The van der Waals surface area contributed by atoms with Gasteiger partial charge < -0.3 is 9.47 Å². The average molecular weight is 364 g/mol. The number of hydrogen-bond acceptors (Lipinski definition) is 6. The number of ether oxygens (including phenoxy) is 2. The monoisotopic (exact) mass is 364 g/mol. The molecule has 0 aliphatic carbocycles. The molecule has 0 radical (unpaired) electrons. The summed E-state index contributed by atoms with van der Waals surface area (Å²) in [5, 5.41) is 0.295. The highest BCUT2D eigenvalue weighted by atomic mass is 32.2. The summed E-state index contributed by atoms with van der Waals surface area (Å²) in [6, 6.07) is 11.7. The van der Waals surface area contributed by atoms with Crippen LogP contribution in [-0.4, -0.2) is 27.1 Å². The van der Waals surface area contributed by atoms with Crippen LogP contribution in [0.1, 0.15) is 6.92 Å². The maximum absolute atomic E-state index is 12.5. The predicted octanol–water partition coefficient (Wildman–Crippen LogP) is 3.50. The third kappa shape index (κ3) is 3.29. The second kappa shape index (κ2) is 6.66. The highest BCUT2D eigenvalue weighted by molar-refractivity contribution is 7.93. The third-order valence-electron chi connectivity index (χ3n) is 3.27. The van der Waals surface area contributed by atoms with Crippen LogP contribution in [0.2, 0.25) is 0 Å². The topological polar surface area (TPSA) is 77.5 Å². The Hall–Kier alpha value is -2.32. The van der Waals surface area contributed by atoms with E-state index in [1.54, 1.807) is 25.3 Å². The maximum Gasteiger partial charge on any atom is 0.263 e. The summed E-state index contributed by atoms with van der Waals surface area (Å²) in [6.07, 6.45) is 0. The highest BCUT2D eigenvalue weighted by Gasteiger charge is 2.17. The van der Waals surface area contributed by atoms with Gasteiger partial charge in [0.1, 0.15) is 17.0 Å². The lowest BCUT2D eigenvalue weighted by molar-refractivity contribution is 0.340. The van der Waals surface area contributed by atoms with Crippen molar-refractivity contribution >= 4 is 36.7 Å². The van der Waals surface area contributed by atoms with E-state index in [2.05, 4.69) is 9.71 Å². The molecule has 0 spiro atoms. The largest absolute Gasteiger partial charge is 0.494 e. The zero-order chi connectivity index (χ0) is 17.2. The average Bonchev–Trinajstić information content (AvgIpc) is 2.97. The molecule has 8 heteroatoms. The minimum atomic E-state index is -3.71. The standard InChI is InChI=1S/C16H16N2O4S2/c1-3-22-11-7-9-12(10-8-11)24(19,20)18-16-17-15-13(21-2)5-4-6-14(15)23-16/h4-10H,3H2,1-2H3,(H,17,18). The summed E-state index contributed by atoms with van der Waals surface area (Å²) in [6.45, 7) is 2.39. The molecule has 0 aliphatic rings. The smallest absolute Gasteiger partial charge is 0.263 e. The summed E-state index contributed by atoms with van der Waals surface area (Å²) in [5.74, 6) is 1.23. The summed E-state index contributed by atoms with van der Waals surface area (Å²) >= 11 is 1.25. The molecule has 24 heavy (non-hydrogen) atoms. The molecule has 2 aromatic carbocycles. The third-order valence-corrected chi connectivity index (χ3v) is 5.69. The van der Waals surface area contributed by atoms with E-state index in [-0.39, 0.29) is 4.90 Å². The second-order valence-electron chi connectivity index (χ2n) is 4.84. The van der Waals surface area contributed by atoms with E-state index >= 15 is 0 Å². The highest BCUT2D eigenvalue weighted by Crippen LogP contribution is 2.33. The molecule has 0 atom stereocenters. The second-order valence-corrected chi connectivity index (χ2v) is 7.55. The number of rotatable bonds is 6. The number of benzene rings is 2. The molecule has 1 aromatic heterocycles. The summed E-state index contributed by atoms with van der Waals surface area (Å²) in [7, 11) is -2.16. The maximum atomic E-state index is 12.5. The fourth-order valence-corrected chi connectivity index (χ4v) is 4.31. The van der Waals surface area contributed by atoms with Crippen LogP contribution in [0, 0.1) is 0 Å². The Morgan fingerprint density at radius 2 is 1.92 bits per heavy atom. The van der Waals surface area contributed by atoms with Gasteiger partial charge in [0, 0.05) is 0 Å². The van der Waals surface area contributed by atoms with Crippen LogP contribution >= 0.6 is 11.3 Å². The minimum Gasteiger partial charge on any atom is -0.494 e. The predicted molar refractivity (Wildman–Crippen MR) is 94.6 cm³/mol. The van der Waals surface area contributed by atoms with Gasteiger partial charge in [0.2, 0.25) is 0 Å². The molecular weight excluding hydrogens is 348 g/mol. The quantitative estimate of drug-likeness (QED) is 0.724. The first-order valence-corrected chi connectivity index (χ1v) is 9.52. The molecule has 0 aliphatic heterocycles. The van der Waals surface area contributed by atoms with Crippen LogP contribution in [0.3, 0.4) is 0 Å². The van der Waals surface area contributed by atoms with Gasteiger partial charge in [-0.1, -0.05) is 17.4 Å². The van der Waals surface area contributed by atoms with Crippen LogP contribution < -0.4 is 14.2 Å². The summed E-state index contributed by atoms with van der Waals surface area (Å²) in [5.41, 5.74) is 0.634. The van der Waals surface area contributed by atoms with Gasteiger partial charge in [0.05, 0.1) is 23.3 Å². The summed E-state index contributed by atoms with van der Waals surface area (Å²) < 4.78 is 38.9. The number of anilines is 1. The molecule has 3 aromatic rings. The molecule has 0 bridgehead atoms. The molecule has 126 valence electrons. The van der Waals surface area contributed by atoms with Crippen molar-refractivity contribution in [1.82, 2.24) is 4.98 Å². The van der Waals surface area contributed by atoms with Crippen LogP contribution in [0.25, 0.3) is 10.2 Å². The molecule has 0 unspecified atom stereocenters. The van der Waals surface area contributed by atoms with Crippen LogP contribution in [-0.2, 0) is 10.0 Å². The van der Waals surface area contributed by atoms with Crippen LogP contribution in [0.5, 0.6) is 11.5 Å². The van der Waals surface area contributed by atoms with Crippen molar-refractivity contribution in [3.8, 4) is 11.5 Å². The number of nitrogens with zero attached hydrogens (tertiary/aromatic N) is 1. The molecular formula is C16H16N2O4S2. The van der Waals surface area contributed by atoms with Gasteiger partial charge in [-0.3, -0.25) is 4.72 Å². The lowest BCUT2D eigenvalue weighted by Crippen LogP contribution is -2.12. The molecule has 1 heterocycles. The van der Waals surface area contributed by atoms with Gasteiger partial charge in [-0.05, 0) is 43.3 Å². The van der Waals surface area contributed by atoms with Gasteiger partial charge in [0.15, 0.2) is 5.13 Å². The van der Waals surface area contributed by atoms with E-state index in [1.165, 1.54) is 23.5 Å². The number of nitrogens with one attached hydrogen (secondary N) is 1. The fourth-order valence-electron chi connectivity index (χ4n) is 2.19. The zero-order valence-corrected chi connectivity index (χ0v) is 14.8. The molecule has 0 saturated heterocycles. The van der Waals surface area contributed by atoms with E-state index in [4.69, 9.17) is 9.47 Å². The van der Waals surface area contributed by atoms with Crippen molar-refractivity contribution in [1.29, 1.82) is 0 Å². The Kier molecular flexibility index (Phi) is 4.59. The van der Waals surface area contributed by atoms with Crippen molar-refractivity contribution < 1.29 is 17.9 Å². The summed E-state index contributed by atoms with van der Waals surface area (Å²) in [4.78, 5) is 4.47. The molecule has 6 nitrogen and oxygen atoms in total. The van der Waals surface area contributed by atoms with E-state index in [0.29, 0.717) is 28.8 Å². The van der Waals surface area contributed by atoms with Crippen molar-refractivity contribution in [2.75, 3.05) is 18.4 Å². The first kappa shape index (κ1) is 16.5. The number of sulfonamides is 1. The number of aromatic nitrogens is 1. The molecule has 0 amide bonds. The zero-order valence-electron chi connectivity index (χ0n) is 13.1. The van der Waals surface area contributed by atoms with Gasteiger partial charge in [-0.2, -0.15) is 0 Å². The van der Waals surface area contributed by atoms with E-state index < -0.39 is 10.0 Å². The van der Waals surface area contributed by atoms with Crippen molar-refractivity contribution in [2.45, 2.75) is 11.8 Å². The SMILES string of the molecule is CCOc1ccc(S(=O)(=O)Nc2nc3c(OC)cccc3s2)cc1. The lowest BCUT2D eigenvalue weighted by Gasteiger charge is -2.06. The number of hydrogen-bond donors (Lipinski definition) is 1. The van der Waals surface area contributed by atoms with Crippen LogP contribution in [0.4, 0.5) is 5.13 Å². The first-order valence-electron chi connectivity index (χ1n) is 7.22. The fraction of sp³-hybridized carbons (Fsp3) is 0.188. The van der Waals surface area contributed by atoms with Crippen molar-refractivity contribution in [3.63, 3.8) is 0 Å². The first-order chi connectivity index (χ1) is 11.5. The van der Waals surface area contributed by atoms with Gasteiger partial charge >= 0.3 is 0 Å². The molecule has 1 N–H and O–H groups in total. The van der Waals surface area contributed by atoms with Gasteiger partial charge in [0.25, 0.3) is 10.0 Å². The van der Waals surface area contributed by atoms with Gasteiger partial charge in [-0.15, -0.1) is 0 Å². The van der Waals surface area contributed by atoms with Gasteiger partial charge in [-0.25, -0.2) is 13.4 Å². The Labute approximate surface area is 144 Å². The van der Waals surface area contributed by atoms with E-state index in [9.17, 15) is 8.42 Å². The number of para-hydroxylation sites is 1. The Morgan fingerprint density at radius 3 is 2.58 bits per heavy atom. The molecule has 0 saturated carbocycles. The lowest BCUT2D eigenvalue weighted by atomic mass is 10.3. The Balaban J connectivity index is 1.89. The number of fused-ring (bicyclic) bond motifs is 1. The Bertz CT molecular complexity index is 950. The normalized spacial score (nSPS) is 11.4. The van der Waals surface area contributed by atoms with Crippen molar-refractivity contribution in [3.05, 3.63) is 42.5 Å². The van der Waals surface area contributed by atoms with Crippen LogP contribution in [0.15, 0.2) is 47.4 Å². The number of thiazole rings is 1. The molecule has 3 rings (SSSR count).